The van der Waals surface area contributed by atoms with Gasteiger partial charge in [0.15, 0.2) is 5.54 Å². The Balaban J connectivity index is 2.15. The van der Waals surface area contributed by atoms with Crippen molar-refractivity contribution in [3.63, 3.8) is 0 Å². The fourth-order valence-corrected chi connectivity index (χ4v) is 2.82. The van der Waals surface area contributed by atoms with Gasteiger partial charge in [-0.2, -0.15) is 5.10 Å². The number of hydrogen-bond acceptors (Lipinski definition) is 4. The smallest absolute Gasteiger partial charge is 0.332 e. The van der Waals surface area contributed by atoms with Crippen LogP contribution in [-0.2, 0) is 16.6 Å². The van der Waals surface area contributed by atoms with Gasteiger partial charge in [0.1, 0.15) is 12.4 Å². The molecule has 0 spiro atoms. The van der Waals surface area contributed by atoms with Crippen LogP contribution in [-0.4, -0.2) is 38.9 Å². The molecule has 0 saturated carbocycles. The minimum Gasteiger partial charge on any atom is -0.491 e. The molecule has 2 N–H and O–H groups in total. The summed E-state index contributed by atoms with van der Waals surface area (Å²) in [4.78, 5) is 24.5. The van der Waals surface area contributed by atoms with Crippen LogP contribution in [0.1, 0.15) is 36.7 Å². The van der Waals surface area contributed by atoms with Gasteiger partial charge in [-0.15, -0.1) is 0 Å². The lowest BCUT2D eigenvalue weighted by atomic mass is 9.95. The molecule has 0 fully saturated rings. The van der Waals surface area contributed by atoms with Gasteiger partial charge >= 0.3 is 5.97 Å². The number of aryl methyl sites for hydroxylation is 2. The van der Waals surface area contributed by atoms with Gasteiger partial charge in [-0.05, 0) is 39.8 Å². The van der Waals surface area contributed by atoms with E-state index in [1.54, 1.807) is 35.9 Å². The molecule has 140 valence electrons. The van der Waals surface area contributed by atoms with Crippen molar-refractivity contribution in [3.8, 4) is 5.75 Å². The number of nitrogens with one attached hydrogen (secondary N) is 1. The molecule has 1 heterocycles. The third-order valence-electron chi connectivity index (χ3n) is 4.53. The summed E-state index contributed by atoms with van der Waals surface area (Å²) in [6.07, 6.45) is 0. The van der Waals surface area contributed by atoms with Crippen molar-refractivity contribution in [2.45, 2.75) is 39.2 Å². The fraction of sp³-hybridized carbons (Fsp3) is 0.421. The summed E-state index contributed by atoms with van der Waals surface area (Å²) < 4.78 is 7.27. The van der Waals surface area contributed by atoms with Crippen molar-refractivity contribution in [2.75, 3.05) is 6.61 Å². The number of nitrogens with zero attached hydrogens (tertiary/aromatic N) is 2. The maximum Gasteiger partial charge on any atom is 0.332 e. The normalized spacial score (nSPS) is 14.3. The van der Waals surface area contributed by atoms with Crippen LogP contribution >= 0.6 is 0 Å². The number of carbonyl (C=O) groups excluding carboxylic acids is 1. The molecule has 7 nitrogen and oxygen atoms in total. The summed E-state index contributed by atoms with van der Waals surface area (Å²) >= 11 is 0. The first-order valence-electron chi connectivity index (χ1n) is 8.39. The zero-order chi connectivity index (χ0) is 19.5. The summed E-state index contributed by atoms with van der Waals surface area (Å²) in [5, 5.41) is 16.6. The Kier molecular flexibility index (Phi) is 5.69. The van der Waals surface area contributed by atoms with E-state index < -0.39 is 17.4 Å². The van der Waals surface area contributed by atoms with Crippen molar-refractivity contribution in [2.24, 2.45) is 7.05 Å². The lowest BCUT2D eigenvalue weighted by Crippen LogP contribution is -2.57. The number of aromatic nitrogens is 2. The standard InChI is InChI=1S/C19H25N3O4/c1-12(16-13(2)21-22(5)14(16)3)17(23)20-19(4,18(24)25)11-26-15-9-7-6-8-10-15/h6-10,12H,11H2,1-5H3,(H,20,23)(H,24,25)/t12-,19+/m0/s1. The van der Waals surface area contributed by atoms with Crippen LogP contribution in [0.2, 0.25) is 0 Å². The molecule has 2 rings (SSSR count). The number of carbonyl (C=O) groups is 2. The van der Waals surface area contributed by atoms with Crippen LogP contribution in [0.4, 0.5) is 0 Å². The third-order valence-corrected chi connectivity index (χ3v) is 4.53. The molecule has 0 aliphatic carbocycles. The molecule has 26 heavy (non-hydrogen) atoms. The van der Waals surface area contributed by atoms with Crippen molar-refractivity contribution in [3.05, 3.63) is 47.3 Å². The predicted octanol–water partition coefficient (Wildman–Crippen LogP) is 2.18. The van der Waals surface area contributed by atoms with E-state index in [1.807, 2.05) is 27.0 Å². The molecule has 0 aliphatic heterocycles. The van der Waals surface area contributed by atoms with Crippen LogP contribution in [0.3, 0.4) is 0 Å². The third kappa shape index (κ3) is 4.04. The lowest BCUT2D eigenvalue weighted by Gasteiger charge is -2.28. The first kappa shape index (κ1) is 19.5. The molecule has 0 bridgehead atoms. The minimum absolute atomic E-state index is 0.185. The maximum absolute atomic E-state index is 12.7. The molecule has 1 amide bonds. The summed E-state index contributed by atoms with van der Waals surface area (Å²) in [6.45, 7) is 6.71. The second-order valence-electron chi connectivity index (χ2n) is 6.66. The van der Waals surface area contributed by atoms with Gasteiger partial charge in [0.25, 0.3) is 0 Å². The van der Waals surface area contributed by atoms with Crippen LogP contribution in [0, 0.1) is 13.8 Å². The number of amides is 1. The highest BCUT2D eigenvalue weighted by Gasteiger charge is 2.38. The molecule has 1 aromatic carbocycles. The van der Waals surface area contributed by atoms with Crippen molar-refractivity contribution in [1.82, 2.24) is 15.1 Å². The molecule has 7 heteroatoms. The predicted molar refractivity (Wildman–Crippen MR) is 97.2 cm³/mol. The molecular formula is C19H25N3O4. The van der Waals surface area contributed by atoms with E-state index in [9.17, 15) is 14.7 Å². The highest BCUT2D eigenvalue weighted by Crippen LogP contribution is 2.24. The molecule has 0 aliphatic rings. The number of ether oxygens (including phenoxy) is 1. The lowest BCUT2D eigenvalue weighted by molar-refractivity contribution is -0.148. The van der Waals surface area contributed by atoms with E-state index in [-0.39, 0.29) is 12.5 Å². The fourth-order valence-electron chi connectivity index (χ4n) is 2.82. The van der Waals surface area contributed by atoms with Crippen LogP contribution in [0.15, 0.2) is 30.3 Å². The van der Waals surface area contributed by atoms with E-state index in [2.05, 4.69) is 10.4 Å². The van der Waals surface area contributed by atoms with Gasteiger partial charge in [-0.25, -0.2) is 4.79 Å². The Labute approximate surface area is 153 Å². The number of hydrogen-bond donors (Lipinski definition) is 2. The average Bonchev–Trinajstić information content (AvgIpc) is 2.85. The molecule has 2 aromatic rings. The maximum atomic E-state index is 12.7. The van der Waals surface area contributed by atoms with E-state index in [0.717, 1.165) is 17.0 Å². The highest BCUT2D eigenvalue weighted by molar-refractivity contribution is 5.90. The number of para-hydroxylation sites is 1. The molecule has 2 atom stereocenters. The Morgan fingerprint density at radius 2 is 1.92 bits per heavy atom. The summed E-state index contributed by atoms with van der Waals surface area (Å²) in [6, 6.07) is 8.89. The number of carboxylic acids is 1. The van der Waals surface area contributed by atoms with Crippen molar-refractivity contribution < 1.29 is 19.4 Å². The first-order valence-corrected chi connectivity index (χ1v) is 8.39. The summed E-state index contributed by atoms with van der Waals surface area (Å²) in [7, 11) is 1.81. The van der Waals surface area contributed by atoms with Crippen LogP contribution in [0.5, 0.6) is 5.75 Å². The van der Waals surface area contributed by atoms with Gasteiger partial charge in [0.2, 0.25) is 5.91 Å². The molecule has 0 unspecified atom stereocenters. The number of aliphatic carboxylic acids is 1. The second-order valence-corrected chi connectivity index (χ2v) is 6.66. The molecular weight excluding hydrogens is 334 g/mol. The van der Waals surface area contributed by atoms with E-state index in [4.69, 9.17) is 4.74 Å². The quantitative estimate of drug-likeness (QED) is 0.790. The van der Waals surface area contributed by atoms with Gasteiger partial charge in [-0.3, -0.25) is 9.48 Å². The second kappa shape index (κ2) is 7.59. The highest BCUT2D eigenvalue weighted by atomic mass is 16.5. The zero-order valence-corrected chi connectivity index (χ0v) is 15.7. The Morgan fingerprint density at radius 3 is 2.42 bits per heavy atom. The zero-order valence-electron chi connectivity index (χ0n) is 15.7. The molecule has 0 radical (unpaired) electrons. The molecule has 1 aromatic heterocycles. The minimum atomic E-state index is -1.55. The average molecular weight is 359 g/mol. The largest absolute Gasteiger partial charge is 0.491 e. The Bertz CT molecular complexity index is 801. The molecule has 0 saturated heterocycles. The van der Waals surface area contributed by atoms with Crippen LogP contribution in [0.25, 0.3) is 0 Å². The number of rotatable bonds is 7. The van der Waals surface area contributed by atoms with Gasteiger partial charge in [0.05, 0.1) is 11.6 Å². The number of benzene rings is 1. The van der Waals surface area contributed by atoms with Gasteiger partial charge < -0.3 is 15.2 Å². The monoisotopic (exact) mass is 359 g/mol. The van der Waals surface area contributed by atoms with E-state index in [1.165, 1.54) is 6.92 Å². The topological polar surface area (TPSA) is 93.5 Å². The number of carboxylic acid groups (broad SMARTS) is 1. The summed E-state index contributed by atoms with van der Waals surface area (Å²) in [5.41, 5.74) is 0.889. The van der Waals surface area contributed by atoms with Gasteiger partial charge in [0, 0.05) is 18.3 Å². The Hall–Kier alpha value is -2.83. The van der Waals surface area contributed by atoms with E-state index >= 15 is 0 Å². The SMILES string of the molecule is Cc1nn(C)c(C)c1[C@H](C)C(=O)N[C@](C)(COc1ccccc1)C(=O)O. The van der Waals surface area contributed by atoms with Crippen molar-refractivity contribution >= 4 is 11.9 Å². The van der Waals surface area contributed by atoms with Crippen molar-refractivity contribution in [1.29, 1.82) is 0 Å². The van der Waals surface area contributed by atoms with E-state index in [0.29, 0.717) is 5.75 Å². The van der Waals surface area contributed by atoms with Crippen LogP contribution < -0.4 is 10.1 Å². The Morgan fingerprint density at radius 1 is 1.31 bits per heavy atom. The first-order chi connectivity index (χ1) is 12.2. The summed E-state index contributed by atoms with van der Waals surface area (Å²) in [5.74, 6) is -1.53. The van der Waals surface area contributed by atoms with Gasteiger partial charge in [-0.1, -0.05) is 18.2 Å².